The number of ether oxygens (including phenoxy) is 1. The molecule has 0 amide bonds. The van der Waals surface area contributed by atoms with Crippen molar-refractivity contribution in [2.75, 3.05) is 25.1 Å². The highest BCUT2D eigenvalue weighted by atomic mass is 16.5. The van der Waals surface area contributed by atoms with E-state index < -0.39 is 0 Å². The van der Waals surface area contributed by atoms with Crippen LogP contribution in [0.1, 0.15) is 13.8 Å². The van der Waals surface area contributed by atoms with Gasteiger partial charge in [-0.2, -0.15) is 5.26 Å². The van der Waals surface area contributed by atoms with Crippen LogP contribution in [0, 0.1) is 16.7 Å². The van der Waals surface area contributed by atoms with Gasteiger partial charge in [-0.3, -0.25) is 0 Å². The van der Waals surface area contributed by atoms with E-state index in [4.69, 9.17) is 15.1 Å². The molecule has 0 aromatic heterocycles. The number of benzene rings is 1. The van der Waals surface area contributed by atoms with Crippen LogP contribution >= 0.6 is 0 Å². The third-order valence-electron chi connectivity index (χ3n) is 2.36. The van der Waals surface area contributed by atoms with E-state index in [1.807, 2.05) is 44.2 Å². The normalized spacial score (nSPS) is 10.7. The molecule has 1 rings (SSSR count). The van der Waals surface area contributed by atoms with Gasteiger partial charge in [0.2, 0.25) is 0 Å². The fourth-order valence-corrected chi connectivity index (χ4v) is 1.18. The minimum absolute atomic E-state index is 0.0598. The second kappa shape index (κ2) is 6.12. The third kappa shape index (κ3) is 4.75. The first kappa shape index (κ1) is 13.3. The predicted molar refractivity (Wildman–Crippen MR) is 66.9 cm³/mol. The largest absolute Gasteiger partial charge is 0.479 e. The van der Waals surface area contributed by atoms with Crippen LogP contribution in [-0.2, 0) is 0 Å². The summed E-state index contributed by atoms with van der Waals surface area (Å²) in [6.45, 7) is 4.88. The Kier molecular flexibility index (Phi) is 4.80. The Morgan fingerprint density at radius 1 is 1.35 bits per heavy atom. The second-order valence-electron chi connectivity index (χ2n) is 4.65. The van der Waals surface area contributed by atoms with E-state index in [-0.39, 0.29) is 18.6 Å². The number of aliphatic hydroxyl groups excluding tert-OH is 1. The minimum Gasteiger partial charge on any atom is -0.479 e. The Morgan fingerprint density at radius 2 is 2.00 bits per heavy atom. The summed E-state index contributed by atoms with van der Waals surface area (Å²) in [5, 5.41) is 20.7. The average Bonchev–Trinajstić information content (AvgIpc) is 2.35. The molecule has 0 radical (unpaired) electrons. The molecule has 1 aromatic carbocycles. The lowest BCUT2D eigenvalue weighted by Gasteiger charge is -2.22. The first-order chi connectivity index (χ1) is 8.07. The topological polar surface area (TPSA) is 65.3 Å². The zero-order valence-corrected chi connectivity index (χ0v) is 10.2. The maximum Gasteiger partial charge on any atom is 0.174 e. The van der Waals surface area contributed by atoms with E-state index in [0.29, 0.717) is 12.3 Å². The van der Waals surface area contributed by atoms with Crippen molar-refractivity contribution in [2.45, 2.75) is 13.8 Å². The van der Waals surface area contributed by atoms with Gasteiger partial charge in [0.05, 0.1) is 0 Å². The molecule has 0 saturated carbocycles. The van der Waals surface area contributed by atoms with Crippen molar-refractivity contribution >= 4 is 5.69 Å². The SMILES string of the molecule is CC(C)(CO)CNc1ccc(OCC#N)cc1. The number of nitriles is 1. The highest BCUT2D eigenvalue weighted by molar-refractivity contribution is 5.46. The molecule has 0 aliphatic carbocycles. The second-order valence-corrected chi connectivity index (χ2v) is 4.65. The molecule has 0 atom stereocenters. The molecule has 17 heavy (non-hydrogen) atoms. The summed E-state index contributed by atoms with van der Waals surface area (Å²) in [6.07, 6.45) is 0. The minimum atomic E-state index is -0.143. The van der Waals surface area contributed by atoms with E-state index in [1.54, 1.807) is 0 Å². The van der Waals surface area contributed by atoms with Gasteiger partial charge in [-0.05, 0) is 24.3 Å². The molecule has 0 aliphatic heterocycles. The molecule has 0 bridgehead atoms. The Hall–Kier alpha value is -1.73. The molecule has 0 fully saturated rings. The first-order valence-corrected chi connectivity index (χ1v) is 5.52. The molecule has 0 spiro atoms. The quantitative estimate of drug-likeness (QED) is 0.790. The summed E-state index contributed by atoms with van der Waals surface area (Å²) in [5.41, 5.74) is 0.825. The third-order valence-corrected chi connectivity index (χ3v) is 2.36. The van der Waals surface area contributed by atoms with Crippen LogP contribution in [0.5, 0.6) is 5.75 Å². The number of anilines is 1. The Balaban J connectivity index is 2.49. The fraction of sp³-hybridized carbons (Fsp3) is 0.462. The van der Waals surface area contributed by atoms with Gasteiger partial charge >= 0.3 is 0 Å². The number of nitrogens with one attached hydrogen (secondary N) is 1. The van der Waals surface area contributed by atoms with Gasteiger partial charge < -0.3 is 15.2 Å². The van der Waals surface area contributed by atoms with Crippen molar-refractivity contribution < 1.29 is 9.84 Å². The van der Waals surface area contributed by atoms with Crippen LogP contribution in [0.15, 0.2) is 24.3 Å². The van der Waals surface area contributed by atoms with Crippen molar-refractivity contribution in [2.24, 2.45) is 5.41 Å². The van der Waals surface area contributed by atoms with Gasteiger partial charge in [0.25, 0.3) is 0 Å². The molecule has 0 aliphatic rings. The molecule has 0 saturated heterocycles. The molecular weight excluding hydrogens is 216 g/mol. The molecule has 4 nitrogen and oxygen atoms in total. The van der Waals surface area contributed by atoms with Crippen LogP contribution in [0.3, 0.4) is 0 Å². The summed E-state index contributed by atoms with van der Waals surface area (Å²) < 4.78 is 5.15. The monoisotopic (exact) mass is 234 g/mol. The Bertz CT molecular complexity index is 379. The molecule has 0 heterocycles. The lowest BCUT2D eigenvalue weighted by Crippen LogP contribution is -2.26. The fourth-order valence-electron chi connectivity index (χ4n) is 1.18. The Morgan fingerprint density at radius 3 is 2.53 bits per heavy atom. The highest BCUT2D eigenvalue weighted by Gasteiger charge is 2.15. The first-order valence-electron chi connectivity index (χ1n) is 5.52. The van der Waals surface area contributed by atoms with Crippen LogP contribution in [0.2, 0.25) is 0 Å². The van der Waals surface area contributed by atoms with Gasteiger partial charge in [0, 0.05) is 24.3 Å². The molecule has 0 unspecified atom stereocenters. The summed E-state index contributed by atoms with van der Waals surface area (Å²) >= 11 is 0. The lowest BCUT2D eigenvalue weighted by atomic mass is 9.95. The van der Waals surface area contributed by atoms with E-state index >= 15 is 0 Å². The number of rotatable bonds is 6. The summed E-state index contributed by atoms with van der Waals surface area (Å²) in [5.74, 6) is 0.679. The standard InChI is InChI=1S/C13H18N2O2/c1-13(2,10-16)9-15-11-3-5-12(6-4-11)17-8-7-14/h3-6,15-16H,8-10H2,1-2H3. The van der Waals surface area contributed by atoms with Gasteiger partial charge in [0.1, 0.15) is 11.8 Å². The number of hydrogen-bond donors (Lipinski definition) is 2. The van der Waals surface area contributed by atoms with E-state index in [0.717, 1.165) is 5.69 Å². The summed E-state index contributed by atoms with van der Waals surface area (Å²) in [4.78, 5) is 0. The van der Waals surface area contributed by atoms with E-state index in [1.165, 1.54) is 0 Å². The maximum absolute atomic E-state index is 9.12. The van der Waals surface area contributed by atoms with Crippen LogP contribution in [0.4, 0.5) is 5.69 Å². The number of hydrogen-bond acceptors (Lipinski definition) is 4. The predicted octanol–water partition coefficient (Wildman–Crippen LogP) is 2.02. The summed E-state index contributed by atoms with van der Waals surface area (Å²) in [6, 6.07) is 9.32. The number of aliphatic hydroxyl groups is 1. The van der Waals surface area contributed by atoms with Crippen molar-refractivity contribution in [1.82, 2.24) is 0 Å². The molecule has 1 aromatic rings. The molecular formula is C13H18N2O2. The van der Waals surface area contributed by atoms with Crippen LogP contribution in [0.25, 0.3) is 0 Å². The van der Waals surface area contributed by atoms with Gasteiger partial charge in [-0.15, -0.1) is 0 Å². The van der Waals surface area contributed by atoms with Gasteiger partial charge in [-0.1, -0.05) is 13.8 Å². The van der Waals surface area contributed by atoms with E-state index in [9.17, 15) is 0 Å². The van der Waals surface area contributed by atoms with Crippen molar-refractivity contribution in [3.05, 3.63) is 24.3 Å². The lowest BCUT2D eigenvalue weighted by molar-refractivity contribution is 0.171. The zero-order chi connectivity index (χ0) is 12.7. The van der Waals surface area contributed by atoms with Crippen molar-refractivity contribution in [1.29, 1.82) is 5.26 Å². The van der Waals surface area contributed by atoms with Crippen LogP contribution < -0.4 is 10.1 Å². The molecule has 2 N–H and O–H groups in total. The van der Waals surface area contributed by atoms with Crippen LogP contribution in [-0.4, -0.2) is 24.9 Å². The molecule has 4 heteroatoms. The smallest absolute Gasteiger partial charge is 0.174 e. The maximum atomic E-state index is 9.12. The van der Waals surface area contributed by atoms with Crippen molar-refractivity contribution in [3.8, 4) is 11.8 Å². The molecule has 92 valence electrons. The van der Waals surface area contributed by atoms with Gasteiger partial charge in [0.15, 0.2) is 6.61 Å². The number of nitrogens with zero attached hydrogens (tertiary/aromatic N) is 1. The zero-order valence-electron chi connectivity index (χ0n) is 10.2. The summed E-state index contributed by atoms with van der Waals surface area (Å²) in [7, 11) is 0. The Labute approximate surface area is 102 Å². The average molecular weight is 234 g/mol. The highest BCUT2D eigenvalue weighted by Crippen LogP contribution is 2.18. The van der Waals surface area contributed by atoms with E-state index in [2.05, 4.69) is 5.32 Å². The van der Waals surface area contributed by atoms with Crippen molar-refractivity contribution in [3.63, 3.8) is 0 Å². The van der Waals surface area contributed by atoms with Gasteiger partial charge in [-0.25, -0.2) is 0 Å².